The van der Waals surface area contributed by atoms with E-state index in [1.54, 1.807) is 9.80 Å². The lowest BCUT2D eigenvalue weighted by Crippen LogP contribution is -2.47. The summed E-state index contributed by atoms with van der Waals surface area (Å²) >= 11 is 0. The minimum Gasteiger partial charge on any atom is -0.271 e. The molecular formula is C58H78N2O4. The van der Waals surface area contributed by atoms with Crippen LogP contribution in [0.2, 0.25) is 0 Å². The van der Waals surface area contributed by atoms with Crippen LogP contribution in [0.4, 0.5) is 0 Å². The van der Waals surface area contributed by atoms with Gasteiger partial charge in [0.1, 0.15) is 0 Å². The molecule has 0 aromatic heterocycles. The molecule has 7 rings (SSSR count). The highest BCUT2D eigenvalue weighted by molar-refractivity contribution is 6.42. The van der Waals surface area contributed by atoms with Crippen molar-refractivity contribution in [2.24, 2.45) is 0 Å². The molecule has 0 bridgehead atoms. The number of hydrogen-bond acceptors (Lipinski definition) is 4. The Morgan fingerprint density at radius 2 is 0.562 bits per heavy atom. The average molecular weight is 867 g/mol. The van der Waals surface area contributed by atoms with Crippen LogP contribution in [0, 0.1) is 0 Å². The molecule has 0 saturated carbocycles. The first-order chi connectivity index (χ1) is 31.2. The molecule has 5 aromatic rings. The lowest BCUT2D eigenvalue weighted by atomic mass is 9.76. The monoisotopic (exact) mass is 867 g/mol. The number of unbranched alkanes of at least 4 members (excludes halogenated alkanes) is 12. The fourth-order valence-corrected chi connectivity index (χ4v) is 11.7. The van der Waals surface area contributed by atoms with E-state index in [9.17, 15) is 0 Å². The summed E-state index contributed by atoms with van der Waals surface area (Å²) in [5, 5.41) is 7.90. The van der Waals surface area contributed by atoms with Crippen molar-refractivity contribution < 1.29 is 19.2 Å². The molecule has 5 aromatic carbocycles. The summed E-state index contributed by atoms with van der Waals surface area (Å²) in [4.78, 5) is 64.4. The van der Waals surface area contributed by atoms with Gasteiger partial charge in [-0.15, -0.1) is 0 Å². The molecule has 6 nitrogen and oxygen atoms in total. The second-order valence-electron chi connectivity index (χ2n) is 19.5. The molecule has 64 heavy (non-hydrogen) atoms. The van der Waals surface area contributed by atoms with Crippen molar-refractivity contribution >= 4 is 66.7 Å². The number of aryl methyl sites for hydroxylation is 4. The third-order valence-electron chi connectivity index (χ3n) is 15.3. The Morgan fingerprint density at radius 1 is 0.328 bits per heavy atom. The van der Waals surface area contributed by atoms with Gasteiger partial charge in [0.05, 0.1) is 22.3 Å². The minimum absolute atomic E-state index is 0.140. The summed E-state index contributed by atoms with van der Waals surface area (Å²) in [6, 6.07) is 8.87. The molecule has 2 heterocycles. The summed E-state index contributed by atoms with van der Waals surface area (Å²) in [7, 11) is 0. The predicted octanol–water partition coefficient (Wildman–Crippen LogP) is 15.8. The van der Waals surface area contributed by atoms with E-state index in [0.717, 1.165) is 216 Å². The SMILES string of the molecule is CCCCCCc1cc2c3cc(CCCCCC)c4c5c(c(CCCCCC)cc(c6cc(CCCCCC)c7c(c1C(=O)N(C(CC)CC)C7=O)c26)c53)C(=O)N(C(CC)CC)C4=O. The molecule has 4 amide bonds. The summed E-state index contributed by atoms with van der Waals surface area (Å²) < 4.78 is 0. The van der Waals surface area contributed by atoms with Gasteiger partial charge in [-0.3, -0.25) is 29.0 Å². The molecule has 0 radical (unpaired) electrons. The number of carbonyl (C=O) groups is 4. The van der Waals surface area contributed by atoms with E-state index in [4.69, 9.17) is 0 Å². The lowest BCUT2D eigenvalue weighted by molar-refractivity contribution is 0.0513. The van der Waals surface area contributed by atoms with Gasteiger partial charge in [0.2, 0.25) is 0 Å². The molecule has 0 fully saturated rings. The normalized spacial score (nSPS) is 14.2. The van der Waals surface area contributed by atoms with Crippen molar-refractivity contribution in [2.45, 2.75) is 222 Å². The van der Waals surface area contributed by atoms with Crippen LogP contribution in [0.5, 0.6) is 0 Å². The average Bonchev–Trinajstić information content (AvgIpc) is 3.29. The van der Waals surface area contributed by atoms with Crippen LogP contribution >= 0.6 is 0 Å². The zero-order chi connectivity index (χ0) is 45.7. The van der Waals surface area contributed by atoms with Crippen LogP contribution in [0.25, 0.3) is 43.1 Å². The number of fused-ring (bicyclic) bond motifs is 2. The van der Waals surface area contributed by atoms with Gasteiger partial charge in [-0.05, 0) is 156 Å². The topological polar surface area (TPSA) is 74.8 Å². The fourth-order valence-electron chi connectivity index (χ4n) is 11.7. The number of rotatable bonds is 26. The molecule has 0 spiro atoms. The molecule has 0 unspecified atom stereocenters. The number of imide groups is 2. The van der Waals surface area contributed by atoms with E-state index >= 15 is 19.2 Å². The number of nitrogens with zero attached hydrogens (tertiary/aromatic N) is 2. The Balaban J connectivity index is 1.68. The van der Waals surface area contributed by atoms with Crippen LogP contribution < -0.4 is 0 Å². The second-order valence-corrected chi connectivity index (χ2v) is 19.5. The van der Waals surface area contributed by atoms with Crippen LogP contribution in [0.1, 0.15) is 247 Å². The fraction of sp³-hybridized carbons (Fsp3) is 0.586. The Kier molecular flexibility index (Phi) is 15.9. The van der Waals surface area contributed by atoms with Crippen molar-refractivity contribution in [3.05, 3.63) is 68.8 Å². The van der Waals surface area contributed by atoms with Crippen LogP contribution in [0.3, 0.4) is 0 Å². The Morgan fingerprint density at radius 3 is 0.766 bits per heavy atom. The highest BCUT2D eigenvalue weighted by atomic mass is 16.2. The van der Waals surface area contributed by atoms with E-state index in [0.29, 0.717) is 25.7 Å². The Hall–Kier alpha value is -4.32. The standard InChI is InChI=1S/C58H78N2O4/c1-9-17-21-25-29-37-33-43-44-34-39(31-27-23-19-11-3)49-54-50(58(64)60(57(49)63)42(15-7)16-8)40(32-28-24-20-12-4)36-46(52(44)54)45-35-38(30-26-22-18-10-2)48-53(51(43)45)47(37)55(61)59(56(48)62)41(13-5)14-6/h33-36,41-42H,9-32H2,1-8H3. The van der Waals surface area contributed by atoms with Crippen molar-refractivity contribution in [1.29, 1.82) is 0 Å². The van der Waals surface area contributed by atoms with Crippen LogP contribution in [-0.4, -0.2) is 45.5 Å². The van der Waals surface area contributed by atoms with Gasteiger partial charge in [-0.1, -0.05) is 132 Å². The molecule has 2 aliphatic rings. The minimum atomic E-state index is -0.173. The van der Waals surface area contributed by atoms with Crippen LogP contribution in [-0.2, 0) is 25.7 Å². The van der Waals surface area contributed by atoms with Gasteiger partial charge in [-0.2, -0.15) is 0 Å². The number of benzene rings is 5. The van der Waals surface area contributed by atoms with Crippen molar-refractivity contribution in [2.75, 3.05) is 0 Å². The van der Waals surface area contributed by atoms with Crippen molar-refractivity contribution in [3.8, 4) is 0 Å². The number of hydrogen-bond donors (Lipinski definition) is 0. The van der Waals surface area contributed by atoms with E-state index < -0.39 is 0 Å². The molecule has 0 saturated heterocycles. The maximum Gasteiger partial charge on any atom is 0.261 e. The maximum atomic E-state index is 15.3. The molecule has 0 aliphatic carbocycles. The van der Waals surface area contributed by atoms with Crippen molar-refractivity contribution in [1.82, 2.24) is 9.80 Å². The second kappa shape index (κ2) is 21.3. The van der Waals surface area contributed by atoms with Gasteiger partial charge < -0.3 is 0 Å². The van der Waals surface area contributed by atoms with Gasteiger partial charge in [0.15, 0.2) is 0 Å². The van der Waals surface area contributed by atoms with Gasteiger partial charge in [0, 0.05) is 22.9 Å². The quantitative estimate of drug-likeness (QED) is 0.0240. The summed E-state index contributed by atoms with van der Waals surface area (Å²) in [5.74, 6) is -0.558. The first kappa shape index (κ1) is 47.6. The highest BCUT2D eigenvalue weighted by Gasteiger charge is 2.43. The summed E-state index contributed by atoms with van der Waals surface area (Å²) in [5.41, 5.74) is 7.03. The largest absolute Gasteiger partial charge is 0.271 e. The summed E-state index contributed by atoms with van der Waals surface area (Å²) in [6.07, 6.45) is 23.1. The zero-order valence-electron chi connectivity index (χ0n) is 41.0. The van der Waals surface area contributed by atoms with Gasteiger partial charge in [0.25, 0.3) is 23.6 Å². The van der Waals surface area contributed by atoms with E-state index in [1.165, 1.54) is 0 Å². The molecule has 6 heteroatoms. The zero-order valence-corrected chi connectivity index (χ0v) is 41.0. The van der Waals surface area contributed by atoms with E-state index in [2.05, 4.69) is 79.7 Å². The smallest absolute Gasteiger partial charge is 0.261 e. The molecule has 344 valence electrons. The van der Waals surface area contributed by atoms with Crippen molar-refractivity contribution in [3.63, 3.8) is 0 Å². The third kappa shape index (κ3) is 8.50. The third-order valence-corrected chi connectivity index (χ3v) is 15.3. The Bertz CT molecular complexity index is 2180. The summed E-state index contributed by atoms with van der Waals surface area (Å²) in [6.45, 7) is 17.3. The molecule has 0 N–H and O–H groups in total. The van der Waals surface area contributed by atoms with E-state index in [1.807, 2.05) is 0 Å². The molecule has 0 atom stereocenters. The van der Waals surface area contributed by atoms with Gasteiger partial charge in [-0.25, -0.2) is 0 Å². The molecule has 2 aliphatic heterocycles. The van der Waals surface area contributed by atoms with Gasteiger partial charge >= 0.3 is 0 Å². The first-order valence-electron chi connectivity index (χ1n) is 26.2. The molecular weight excluding hydrogens is 789 g/mol. The predicted molar refractivity (Wildman–Crippen MR) is 269 cm³/mol. The van der Waals surface area contributed by atoms with Crippen LogP contribution in [0.15, 0.2) is 24.3 Å². The number of carbonyl (C=O) groups excluding carboxylic acids is 4. The number of amides is 4. The first-order valence-corrected chi connectivity index (χ1v) is 26.2. The van der Waals surface area contributed by atoms with E-state index in [-0.39, 0.29) is 35.7 Å². The Labute approximate surface area is 384 Å². The maximum absolute atomic E-state index is 15.3. The lowest BCUT2D eigenvalue weighted by Gasteiger charge is -2.37. The highest BCUT2D eigenvalue weighted by Crippen LogP contribution is 2.51.